The van der Waals surface area contributed by atoms with E-state index in [9.17, 15) is 4.79 Å². The van der Waals surface area contributed by atoms with Crippen LogP contribution in [0.4, 0.5) is 0 Å². The Morgan fingerprint density at radius 1 is 1.33 bits per heavy atom. The molecule has 0 amide bonds. The number of carbonyl (C=O) groups is 1. The zero-order valence-corrected chi connectivity index (χ0v) is 11.2. The van der Waals surface area contributed by atoms with Gasteiger partial charge in [0.15, 0.2) is 0 Å². The number of benzene rings is 1. The van der Waals surface area contributed by atoms with Crippen molar-refractivity contribution < 1.29 is 9.90 Å². The molecule has 2 N–H and O–H groups in total. The summed E-state index contributed by atoms with van der Waals surface area (Å²) in [6.07, 6.45) is 4.03. The Hall–Kier alpha value is -1.00. The van der Waals surface area contributed by atoms with Crippen molar-refractivity contribution in [1.82, 2.24) is 5.32 Å². The molecule has 1 unspecified atom stereocenters. The van der Waals surface area contributed by atoms with Crippen molar-refractivity contribution in [3.05, 3.63) is 35.4 Å². The van der Waals surface area contributed by atoms with E-state index in [0.717, 1.165) is 23.9 Å². The van der Waals surface area contributed by atoms with Crippen LogP contribution in [-0.2, 0) is 6.54 Å². The number of thioether (sulfide) groups is 1. The first-order valence-electron chi connectivity index (χ1n) is 6.40. The van der Waals surface area contributed by atoms with Gasteiger partial charge >= 0.3 is 5.97 Å². The van der Waals surface area contributed by atoms with Crippen LogP contribution in [0.2, 0.25) is 0 Å². The first-order chi connectivity index (χ1) is 8.75. The summed E-state index contributed by atoms with van der Waals surface area (Å²) in [6.45, 7) is 1.86. The average Bonchev–Trinajstić information content (AvgIpc) is 2.40. The number of hydrogen-bond acceptors (Lipinski definition) is 3. The molecule has 0 radical (unpaired) electrons. The first-order valence-corrected chi connectivity index (χ1v) is 7.45. The second kappa shape index (κ2) is 6.81. The molecule has 1 atom stereocenters. The highest BCUT2D eigenvalue weighted by Crippen LogP contribution is 2.24. The summed E-state index contributed by atoms with van der Waals surface area (Å²) < 4.78 is 0. The minimum atomic E-state index is -0.867. The predicted molar refractivity (Wildman–Crippen MR) is 75.2 cm³/mol. The molecule has 1 saturated heterocycles. The maximum Gasteiger partial charge on any atom is 0.335 e. The molecule has 0 aliphatic carbocycles. The number of nitrogens with one attached hydrogen (secondary N) is 1. The van der Waals surface area contributed by atoms with E-state index in [1.165, 1.54) is 25.0 Å². The van der Waals surface area contributed by atoms with Crippen molar-refractivity contribution >= 4 is 17.7 Å². The molecule has 1 aromatic carbocycles. The average molecular weight is 265 g/mol. The Balaban J connectivity index is 1.74. The third-order valence-electron chi connectivity index (χ3n) is 3.18. The second-order valence-electron chi connectivity index (χ2n) is 4.62. The maximum atomic E-state index is 10.7. The molecule has 1 fully saturated rings. The third-order valence-corrected chi connectivity index (χ3v) is 4.57. The van der Waals surface area contributed by atoms with Gasteiger partial charge in [-0.2, -0.15) is 11.8 Å². The molecule has 2 rings (SSSR count). The summed E-state index contributed by atoms with van der Waals surface area (Å²) >= 11 is 2.06. The number of carboxylic acid groups (broad SMARTS) is 1. The summed E-state index contributed by atoms with van der Waals surface area (Å²) in [5, 5.41) is 13.0. The van der Waals surface area contributed by atoms with E-state index in [2.05, 4.69) is 17.1 Å². The molecule has 18 heavy (non-hydrogen) atoms. The van der Waals surface area contributed by atoms with Gasteiger partial charge in [0.2, 0.25) is 0 Å². The van der Waals surface area contributed by atoms with E-state index in [1.54, 1.807) is 12.1 Å². The van der Waals surface area contributed by atoms with E-state index < -0.39 is 5.97 Å². The quantitative estimate of drug-likeness (QED) is 0.859. The minimum Gasteiger partial charge on any atom is -0.478 e. The Morgan fingerprint density at radius 2 is 2.11 bits per heavy atom. The Morgan fingerprint density at radius 3 is 2.72 bits per heavy atom. The highest BCUT2D eigenvalue weighted by atomic mass is 32.2. The minimum absolute atomic E-state index is 0.349. The molecule has 98 valence electrons. The molecular formula is C14H19NO2S. The van der Waals surface area contributed by atoms with Gasteiger partial charge in [0, 0.05) is 18.3 Å². The highest BCUT2D eigenvalue weighted by molar-refractivity contribution is 7.99. The van der Waals surface area contributed by atoms with Crippen LogP contribution in [0, 0.1) is 0 Å². The fraction of sp³-hybridized carbons (Fsp3) is 0.500. The summed E-state index contributed by atoms with van der Waals surface area (Å²) in [4.78, 5) is 10.7. The van der Waals surface area contributed by atoms with Gasteiger partial charge in [-0.1, -0.05) is 18.6 Å². The predicted octanol–water partition coefficient (Wildman–Crippen LogP) is 2.76. The summed E-state index contributed by atoms with van der Waals surface area (Å²) in [6, 6.07) is 7.08. The zero-order chi connectivity index (χ0) is 12.8. The monoisotopic (exact) mass is 265 g/mol. The van der Waals surface area contributed by atoms with Gasteiger partial charge in [-0.3, -0.25) is 0 Å². The van der Waals surface area contributed by atoms with Crippen LogP contribution in [0.3, 0.4) is 0 Å². The lowest BCUT2D eigenvalue weighted by molar-refractivity contribution is 0.0697. The van der Waals surface area contributed by atoms with Crippen LogP contribution < -0.4 is 5.32 Å². The van der Waals surface area contributed by atoms with E-state index in [0.29, 0.717) is 5.56 Å². The Labute approximate surface area is 112 Å². The molecule has 0 spiro atoms. The smallest absolute Gasteiger partial charge is 0.335 e. The van der Waals surface area contributed by atoms with E-state index in [4.69, 9.17) is 5.11 Å². The topological polar surface area (TPSA) is 49.3 Å². The highest BCUT2D eigenvalue weighted by Gasteiger charge is 2.12. The van der Waals surface area contributed by atoms with Crippen molar-refractivity contribution in [2.75, 3.05) is 12.3 Å². The number of carboxylic acids is 1. The van der Waals surface area contributed by atoms with E-state index in [1.807, 2.05) is 12.1 Å². The largest absolute Gasteiger partial charge is 0.478 e. The van der Waals surface area contributed by atoms with Gasteiger partial charge in [0.1, 0.15) is 0 Å². The number of aromatic carboxylic acids is 1. The summed E-state index contributed by atoms with van der Waals surface area (Å²) in [7, 11) is 0. The zero-order valence-electron chi connectivity index (χ0n) is 10.4. The maximum absolute atomic E-state index is 10.7. The van der Waals surface area contributed by atoms with Gasteiger partial charge in [-0.15, -0.1) is 0 Å². The molecule has 1 aromatic rings. The molecule has 1 aliphatic heterocycles. The van der Waals surface area contributed by atoms with Crippen LogP contribution in [0.25, 0.3) is 0 Å². The van der Waals surface area contributed by atoms with E-state index in [-0.39, 0.29) is 0 Å². The molecule has 1 aliphatic rings. The molecular weight excluding hydrogens is 246 g/mol. The fourth-order valence-electron chi connectivity index (χ4n) is 2.11. The van der Waals surface area contributed by atoms with Crippen molar-refractivity contribution in [1.29, 1.82) is 0 Å². The second-order valence-corrected chi connectivity index (χ2v) is 6.03. The molecule has 0 aromatic heterocycles. The van der Waals surface area contributed by atoms with Crippen molar-refractivity contribution in [3.63, 3.8) is 0 Å². The van der Waals surface area contributed by atoms with Crippen LogP contribution in [0.5, 0.6) is 0 Å². The van der Waals surface area contributed by atoms with Crippen molar-refractivity contribution in [3.8, 4) is 0 Å². The van der Waals surface area contributed by atoms with Gasteiger partial charge in [0.05, 0.1) is 5.56 Å². The van der Waals surface area contributed by atoms with Gasteiger partial charge < -0.3 is 10.4 Å². The number of hydrogen-bond donors (Lipinski definition) is 2. The van der Waals surface area contributed by atoms with Crippen LogP contribution in [0.1, 0.15) is 35.2 Å². The lowest BCUT2D eigenvalue weighted by atomic mass is 10.1. The van der Waals surface area contributed by atoms with Crippen molar-refractivity contribution in [2.24, 2.45) is 0 Å². The van der Waals surface area contributed by atoms with Crippen LogP contribution >= 0.6 is 11.8 Å². The fourth-order valence-corrected chi connectivity index (χ4v) is 3.38. The molecule has 4 heteroatoms. The summed E-state index contributed by atoms with van der Waals surface area (Å²) in [5.41, 5.74) is 1.49. The van der Waals surface area contributed by atoms with Gasteiger partial charge in [0.25, 0.3) is 0 Å². The molecule has 1 heterocycles. The third kappa shape index (κ3) is 4.03. The molecule has 3 nitrogen and oxygen atoms in total. The van der Waals surface area contributed by atoms with Gasteiger partial charge in [-0.05, 0) is 36.3 Å². The number of rotatable bonds is 5. The van der Waals surface area contributed by atoms with Crippen LogP contribution in [0.15, 0.2) is 24.3 Å². The van der Waals surface area contributed by atoms with E-state index >= 15 is 0 Å². The standard InChI is InChI=1S/C14H19NO2S/c16-14(17)12-6-4-11(5-7-12)9-15-10-13-3-1-2-8-18-13/h4-7,13,15H,1-3,8-10H2,(H,16,17). The Bertz CT molecular complexity index is 385. The first kappa shape index (κ1) is 13.4. The molecule has 0 bridgehead atoms. The van der Waals surface area contributed by atoms with Crippen molar-refractivity contribution in [2.45, 2.75) is 31.1 Å². The summed E-state index contributed by atoms with van der Waals surface area (Å²) in [5.74, 6) is 0.424. The normalized spacial score (nSPS) is 19.7. The lowest BCUT2D eigenvalue weighted by Gasteiger charge is -2.21. The van der Waals surface area contributed by atoms with Gasteiger partial charge in [-0.25, -0.2) is 4.79 Å². The SMILES string of the molecule is O=C(O)c1ccc(CNCC2CCCCS2)cc1. The molecule has 0 saturated carbocycles. The van der Waals surface area contributed by atoms with Crippen LogP contribution in [-0.4, -0.2) is 28.6 Å². The Kier molecular flexibility index (Phi) is 5.08. The lowest BCUT2D eigenvalue weighted by Crippen LogP contribution is -2.26.